The van der Waals surface area contributed by atoms with Gasteiger partial charge in [-0.2, -0.15) is 0 Å². The Morgan fingerprint density at radius 1 is 1.45 bits per heavy atom. The first kappa shape index (κ1) is 9.54. The first-order chi connectivity index (χ1) is 5.33. The Bertz CT molecular complexity index is 216. The molecule has 0 aliphatic heterocycles. The summed E-state index contributed by atoms with van der Waals surface area (Å²) in [5, 5.41) is 0.797. The fourth-order valence-corrected chi connectivity index (χ4v) is 1.53. The molecule has 5 heteroatoms. The van der Waals surface area contributed by atoms with Crippen LogP contribution in [-0.4, -0.2) is 21.6 Å². The normalized spacial score (nSPS) is 10.0. The van der Waals surface area contributed by atoms with Gasteiger partial charge in [-0.3, -0.25) is 0 Å². The Morgan fingerprint density at radius 2 is 2.09 bits per heavy atom. The zero-order valence-electron chi connectivity index (χ0n) is 5.63. The molecule has 0 aliphatic rings. The van der Waals surface area contributed by atoms with Gasteiger partial charge in [0, 0.05) is 27.6 Å². The minimum Gasteiger partial charge on any atom is -0.230 e. The number of aromatic nitrogens is 2. The highest BCUT2D eigenvalue weighted by Gasteiger charge is 1.94. The van der Waals surface area contributed by atoms with Crippen LogP contribution >= 0.6 is 46.0 Å². The van der Waals surface area contributed by atoms with E-state index in [0.29, 0.717) is 5.88 Å². The second-order valence-electron chi connectivity index (χ2n) is 1.72. The average Bonchev–Trinajstić information content (AvgIpc) is 2.04. The van der Waals surface area contributed by atoms with Crippen LogP contribution in [0.4, 0.5) is 0 Å². The van der Waals surface area contributed by atoms with Gasteiger partial charge in [-0.1, -0.05) is 11.8 Å². The molecule has 1 heterocycles. The molecule has 0 spiro atoms. The van der Waals surface area contributed by atoms with Gasteiger partial charge in [0.25, 0.3) is 0 Å². The van der Waals surface area contributed by atoms with Crippen molar-refractivity contribution >= 4 is 46.0 Å². The van der Waals surface area contributed by atoms with Crippen molar-refractivity contribution in [3.8, 4) is 0 Å². The van der Waals surface area contributed by atoms with Crippen LogP contribution in [0.15, 0.2) is 17.6 Å². The minimum atomic E-state index is 0.639. The zero-order chi connectivity index (χ0) is 8.10. The van der Waals surface area contributed by atoms with E-state index in [-0.39, 0.29) is 0 Å². The molecule has 0 radical (unpaired) electrons. The number of thioether (sulfide) groups is 1. The molecule has 60 valence electrons. The lowest BCUT2D eigenvalue weighted by Crippen LogP contribution is -1.88. The van der Waals surface area contributed by atoms with E-state index in [4.69, 9.17) is 11.6 Å². The molecule has 0 bridgehead atoms. The first-order valence-corrected chi connectivity index (χ1v) is 5.59. The molecule has 0 atom stereocenters. The van der Waals surface area contributed by atoms with Crippen LogP contribution in [0.25, 0.3) is 0 Å². The summed E-state index contributed by atoms with van der Waals surface area (Å²) in [6.45, 7) is 0. The summed E-state index contributed by atoms with van der Waals surface area (Å²) in [4.78, 5) is 8.20. The van der Waals surface area contributed by atoms with E-state index in [9.17, 15) is 0 Å². The van der Waals surface area contributed by atoms with Gasteiger partial charge >= 0.3 is 0 Å². The Morgan fingerprint density at radius 3 is 2.64 bits per heavy atom. The standard InChI is InChI=1S/C6H6ClIN2S/c7-1-2-11-6-9-3-5(8)4-10-6/h3-4H,1-2H2. The largest absolute Gasteiger partial charge is 0.230 e. The molecule has 1 rings (SSSR count). The predicted molar refractivity (Wildman–Crippen MR) is 56.2 cm³/mol. The lowest BCUT2D eigenvalue weighted by atomic mass is 10.7. The highest BCUT2D eigenvalue weighted by atomic mass is 127. The second kappa shape index (κ2) is 5.16. The number of rotatable bonds is 3. The fourth-order valence-electron chi connectivity index (χ4n) is 0.505. The van der Waals surface area contributed by atoms with Crippen LogP contribution in [0.3, 0.4) is 0 Å². The van der Waals surface area contributed by atoms with Crippen molar-refractivity contribution in [2.75, 3.05) is 11.6 Å². The molecule has 0 N–H and O–H groups in total. The maximum Gasteiger partial charge on any atom is 0.187 e. The van der Waals surface area contributed by atoms with Crippen LogP contribution in [0.1, 0.15) is 0 Å². The molecule has 0 saturated heterocycles. The molecule has 0 saturated carbocycles. The van der Waals surface area contributed by atoms with Gasteiger partial charge in [-0.15, -0.1) is 11.6 Å². The summed E-state index contributed by atoms with van der Waals surface area (Å²) in [5.74, 6) is 1.50. The Kier molecular flexibility index (Phi) is 4.47. The molecule has 1 aromatic heterocycles. The monoisotopic (exact) mass is 300 g/mol. The van der Waals surface area contributed by atoms with Crippen LogP contribution < -0.4 is 0 Å². The van der Waals surface area contributed by atoms with Crippen LogP contribution in [-0.2, 0) is 0 Å². The number of hydrogen-bond donors (Lipinski definition) is 0. The minimum absolute atomic E-state index is 0.639. The van der Waals surface area contributed by atoms with E-state index >= 15 is 0 Å². The van der Waals surface area contributed by atoms with Crippen molar-refractivity contribution in [3.05, 3.63) is 16.0 Å². The Hall–Kier alpha value is 0.450. The summed E-state index contributed by atoms with van der Waals surface area (Å²) in [5.41, 5.74) is 0. The summed E-state index contributed by atoms with van der Waals surface area (Å²) in [7, 11) is 0. The molecule has 0 aromatic carbocycles. The van der Waals surface area contributed by atoms with Crippen LogP contribution in [0.2, 0.25) is 0 Å². The molecule has 0 unspecified atom stereocenters. The maximum absolute atomic E-state index is 5.50. The summed E-state index contributed by atoms with van der Waals surface area (Å²) < 4.78 is 1.05. The summed E-state index contributed by atoms with van der Waals surface area (Å²) >= 11 is 9.25. The third-order valence-electron chi connectivity index (χ3n) is 0.905. The zero-order valence-corrected chi connectivity index (χ0v) is 9.36. The summed E-state index contributed by atoms with van der Waals surface area (Å²) in [6, 6.07) is 0. The van der Waals surface area contributed by atoms with Crippen molar-refractivity contribution in [1.82, 2.24) is 9.97 Å². The van der Waals surface area contributed by atoms with E-state index < -0.39 is 0 Å². The molecule has 0 fully saturated rings. The highest BCUT2D eigenvalue weighted by Crippen LogP contribution is 2.12. The quantitative estimate of drug-likeness (QED) is 0.371. The van der Waals surface area contributed by atoms with Crippen LogP contribution in [0.5, 0.6) is 0 Å². The van der Waals surface area contributed by atoms with Gasteiger partial charge in [0.05, 0.1) is 0 Å². The van der Waals surface area contributed by atoms with Crippen molar-refractivity contribution in [2.24, 2.45) is 0 Å². The predicted octanol–water partition coefficient (Wildman–Crippen LogP) is 2.41. The highest BCUT2D eigenvalue weighted by molar-refractivity contribution is 14.1. The summed E-state index contributed by atoms with van der Waals surface area (Å²) in [6.07, 6.45) is 3.59. The number of hydrogen-bond acceptors (Lipinski definition) is 3. The third kappa shape index (κ3) is 3.57. The number of halogens is 2. The number of alkyl halides is 1. The van der Waals surface area contributed by atoms with Crippen molar-refractivity contribution in [2.45, 2.75) is 5.16 Å². The molecular formula is C6H6ClIN2S. The van der Waals surface area contributed by atoms with E-state index in [0.717, 1.165) is 14.5 Å². The van der Waals surface area contributed by atoms with E-state index in [1.54, 1.807) is 24.2 Å². The van der Waals surface area contributed by atoms with Crippen molar-refractivity contribution in [3.63, 3.8) is 0 Å². The third-order valence-corrected chi connectivity index (χ3v) is 2.75. The molecule has 2 nitrogen and oxygen atoms in total. The van der Waals surface area contributed by atoms with Gasteiger partial charge in [0.15, 0.2) is 5.16 Å². The molecule has 0 aliphatic carbocycles. The lowest BCUT2D eigenvalue weighted by Gasteiger charge is -1.95. The first-order valence-electron chi connectivity index (χ1n) is 2.99. The van der Waals surface area contributed by atoms with E-state index in [1.165, 1.54) is 0 Å². The second-order valence-corrected chi connectivity index (χ2v) is 4.41. The smallest absolute Gasteiger partial charge is 0.187 e. The Balaban J connectivity index is 2.52. The SMILES string of the molecule is ClCCSc1ncc(I)cn1. The number of nitrogens with zero attached hydrogens (tertiary/aromatic N) is 2. The van der Waals surface area contributed by atoms with Gasteiger partial charge in [0.1, 0.15) is 0 Å². The van der Waals surface area contributed by atoms with Gasteiger partial charge in [-0.25, -0.2) is 9.97 Å². The van der Waals surface area contributed by atoms with E-state index in [2.05, 4.69) is 32.6 Å². The molecule has 0 amide bonds. The van der Waals surface area contributed by atoms with Gasteiger partial charge < -0.3 is 0 Å². The Labute approximate surface area is 88.3 Å². The van der Waals surface area contributed by atoms with Crippen molar-refractivity contribution in [1.29, 1.82) is 0 Å². The molecule has 11 heavy (non-hydrogen) atoms. The molecule has 1 aromatic rings. The van der Waals surface area contributed by atoms with E-state index in [1.807, 2.05) is 0 Å². The topological polar surface area (TPSA) is 25.8 Å². The maximum atomic E-state index is 5.50. The molecular weight excluding hydrogens is 295 g/mol. The van der Waals surface area contributed by atoms with Gasteiger partial charge in [-0.05, 0) is 22.6 Å². The fraction of sp³-hybridized carbons (Fsp3) is 0.333. The van der Waals surface area contributed by atoms with Gasteiger partial charge in [0.2, 0.25) is 0 Å². The van der Waals surface area contributed by atoms with Crippen molar-refractivity contribution < 1.29 is 0 Å². The average molecular weight is 301 g/mol. The lowest BCUT2D eigenvalue weighted by molar-refractivity contribution is 0.958. The van der Waals surface area contributed by atoms with Crippen LogP contribution in [0, 0.1) is 3.57 Å².